The molecule has 37 heavy (non-hydrogen) atoms. The molecular weight excluding hydrogens is 496 g/mol. The van der Waals surface area contributed by atoms with Crippen LogP contribution in [0.5, 0.6) is 11.5 Å². The molecule has 0 saturated heterocycles. The molecule has 10 heteroatoms. The number of amides is 1. The Hall–Kier alpha value is -4.60. The Kier molecular flexibility index (Phi) is 9.04. The Balaban J connectivity index is 2.00. The number of rotatable bonds is 10. The monoisotopic (exact) mass is 518 g/mol. The lowest BCUT2D eigenvalue weighted by Gasteiger charge is -2.16. The van der Waals surface area contributed by atoms with E-state index in [1.54, 1.807) is 13.2 Å². The fourth-order valence-electron chi connectivity index (χ4n) is 3.64. The largest absolute Gasteiger partial charge is 0.496 e. The lowest BCUT2D eigenvalue weighted by atomic mass is 9.98. The summed E-state index contributed by atoms with van der Waals surface area (Å²) in [6, 6.07) is 13.7. The van der Waals surface area contributed by atoms with Crippen LogP contribution in [0.4, 0.5) is 0 Å². The number of benzene rings is 2. The molecule has 188 valence electrons. The Morgan fingerprint density at radius 2 is 1.92 bits per heavy atom. The van der Waals surface area contributed by atoms with E-state index in [1.807, 2.05) is 31.2 Å². The molecule has 0 atom stereocenters. The number of carbonyl (C=O) groups excluding carboxylic acids is 1. The predicted octanol–water partition coefficient (Wildman–Crippen LogP) is 4.64. The van der Waals surface area contributed by atoms with E-state index in [2.05, 4.69) is 10.3 Å². The Morgan fingerprint density at radius 3 is 2.59 bits per heavy atom. The molecule has 1 aromatic heterocycles. The second-order valence-electron chi connectivity index (χ2n) is 7.95. The average molecular weight is 519 g/mol. The number of carbonyl (C=O) groups is 2. The van der Waals surface area contributed by atoms with Gasteiger partial charge in [-0.2, -0.15) is 10.5 Å². The van der Waals surface area contributed by atoms with Crippen molar-refractivity contribution in [3.05, 3.63) is 75.6 Å². The van der Waals surface area contributed by atoms with E-state index in [0.717, 1.165) is 11.1 Å². The van der Waals surface area contributed by atoms with E-state index < -0.39 is 11.9 Å². The molecular formula is C27H23ClN4O5. The summed E-state index contributed by atoms with van der Waals surface area (Å²) >= 11 is 6.52. The molecule has 9 nitrogen and oxygen atoms in total. The first-order valence-electron chi connectivity index (χ1n) is 11.2. The van der Waals surface area contributed by atoms with Gasteiger partial charge in [-0.05, 0) is 37.1 Å². The number of ether oxygens (including phenoxy) is 2. The molecule has 0 bridgehead atoms. The van der Waals surface area contributed by atoms with Crippen LogP contribution in [0.25, 0.3) is 11.1 Å². The van der Waals surface area contributed by atoms with Gasteiger partial charge in [0.25, 0.3) is 5.91 Å². The number of nitrogens with zero attached hydrogens (tertiary/aromatic N) is 3. The van der Waals surface area contributed by atoms with Gasteiger partial charge in [0.15, 0.2) is 0 Å². The average Bonchev–Trinajstić information content (AvgIpc) is 2.89. The topological polar surface area (TPSA) is 145 Å². The molecule has 0 aliphatic carbocycles. The van der Waals surface area contributed by atoms with Gasteiger partial charge in [-0.1, -0.05) is 23.7 Å². The summed E-state index contributed by atoms with van der Waals surface area (Å²) in [7, 11) is 1.55. The van der Waals surface area contributed by atoms with Gasteiger partial charge in [0.1, 0.15) is 23.3 Å². The van der Waals surface area contributed by atoms with Gasteiger partial charge in [0, 0.05) is 41.9 Å². The van der Waals surface area contributed by atoms with Crippen molar-refractivity contribution in [2.24, 2.45) is 0 Å². The summed E-state index contributed by atoms with van der Waals surface area (Å²) in [5.74, 6) is -0.644. The fraction of sp³-hybridized carbons (Fsp3) is 0.222. The molecule has 0 radical (unpaired) electrons. The number of methoxy groups -OCH3 is 1. The van der Waals surface area contributed by atoms with Crippen molar-refractivity contribution in [2.75, 3.05) is 13.7 Å². The van der Waals surface area contributed by atoms with Gasteiger partial charge in [-0.25, -0.2) is 4.98 Å². The number of nitrogens with one attached hydrogen (secondary N) is 1. The Morgan fingerprint density at radius 1 is 1.14 bits per heavy atom. The number of carboxylic acids is 1. The summed E-state index contributed by atoms with van der Waals surface area (Å²) in [5.41, 5.74) is 2.81. The molecule has 1 heterocycles. The zero-order valence-electron chi connectivity index (χ0n) is 20.2. The summed E-state index contributed by atoms with van der Waals surface area (Å²) < 4.78 is 11.1. The van der Waals surface area contributed by atoms with Crippen LogP contribution in [0.1, 0.15) is 45.6 Å². The van der Waals surface area contributed by atoms with Crippen LogP contribution in [0.15, 0.2) is 42.6 Å². The number of hydrogen-bond donors (Lipinski definition) is 2. The molecule has 2 aromatic carbocycles. The fourth-order valence-corrected chi connectivity index (χ4v) is 3.90. The van der Waals surface area contributed by atoms with Crippen molar-refractivity contribution in [1.29, 1.82) is 10.5 Å². The molecule has 1 amide bonds. The van der Waals surface area contributed by atoms with Crippen molar-refractivity contribution >= 4 is 23.5 Å². The van der Waals surface area contributed by atoms with Crippen LogP contribution in [-0.2, 0) is 11.3 Å². The Labute approximate surface area is 218 Å². The minimum Gasteiger partial charge on any atom is -0.496 e. The normalized spacial score (nSPS) is 10.2. The van der Waals surface area contributed by atoms with Crippen LogP contribution in [-0.4, -0.2) is 35.7 Å². The van der Waals surface area contributed by atoms with E-state index in [0.29, 0.717) is 16.9 Å². The van der Waals surface area contributed by atoms with Crippen LogP contribution in [0.3, 0.4) is 0 Å². The standard InChI is InChI=1S/C27H23ClN4O5/c1-16-5-3-6-24(36-2)21(16)14-32-27(35)20-10-19(22-15-31-18(13-30)9-17(22)12-29)23(28)11-25(20)37-8-4-7-26(33)34/h3,5-6,9-11,15H,4,7-8,14H2,1-2H3,(H,32,35)(H,33,34). The molecule has 0 aliphatic heterocycles. The molecule has 0 aliphatic rings. The number of halogens is 1. The smallest absolute Gasteiger partial charge is 0.303 e. The predicted molar refractivity (Wildman–Crippen MR) is 135 cm³/mol. The van der Waals surface area contributed by atoms with Gasteiger partial charge in [-0.3, -0.25) is 9.59 Å². The molecule has 0 unspecified atom stereocenters. The van der Waals surface area contributed by atoms with Crippen molar-refractivity contribution < 1.29 is 24.2 Å². The number of aryl methyl sites for hydroxylation is 1. The maximum absolute atomic E-state index is 13.3. The molecule has 3 rings (SSSR count). The number of nitriles is 2. The maximum atomic E-state index is 13.3. The van der Waals surface area contributed by atoms with Crippen LogP contribution < -0.4 is 14.8 Å². The van der Waals surface area contributed by atoms with Gasteiger partial charge in [-0.15, -0.1) is 0 Å². The molecule has 2 N–H and O–H groups in total. The van der Waals surface area contributed by atoms with Gasteiger partial charge in [0.05, 0.1) is 35.9 Å². The van der Waals surface area contributed by atoms with E-state index in [4.69, 9.17) is 31.4 Å². The Bertz CT molecular complexity index is 1430. The summed E-state index contributed by atoms with van der Waals surface area (Å²) in [4.78, 5) is 28.2. The SMILES string of the molecule is COc1cccc(C)c1CNC(=O)c1cc(-c2cnc(C#N)cc2C#N)c(Cl)cc1OCCCC(=O)O. The number of aliphatic carboxylic acids is 1. The summed E-state index contributed by atoms with van der Waals surface area (Å²) in [6.07, 6.45) is 1.49. The third-order valence-corrected chi connectivity index (χ3v) is 5.86. The molecule has 0 saturated carbocycles. The first-order valence-corrected chi connectivity index (χ1v) is 11.6. The van der Waals surface area contributed by atoms with Crippen molar-refractivity contribution in [2.45, 2.75) is 26.3 Å². The second-order valence-corrected chi connectivity index (χ2v) is 8.36. The number of hydrogen-bond acceptors (Lipinski definition) is 7. The molecule has 0 fully saturated rings. The van der Waals surface area contributed by atoms with E-state index in [9.17, 15) is 14.9 Å². The highest BCUT2D eigenvalue weighted by atomic mass is 35.5. The molecule has 3 aromatic rings. The maximum Gasteiger partial charge on any atom is 0.303 e. The third-order valence-electron chi connectivity index (χ3n) is 5.55. The van der Waals surface area contributed by atoms with E-state index in [1.165, 1.54) is 24.4 Å². The van der Waals surface area contributed by atoms with Gasteiger partial charge in [0.2, 0.25) is 0 Å². The first-order chi connectivity index (χ1) is 17.8. The first kappa shape index (κ1) is 27.0. The minimum atomic E-state index is -0.959. The van der Waals surface area contributed by atoms with E-state index >= 15 is 0 Å². The molecule has 0 spiro atoms. The quantitative estimate of drug-likeness (QED) is 0.369. The summed E-state index contributed by atoms with van der Waals surface area (Å²) in [6.45, 7) is 2.13. The van der Waals surface area contributed by atoms with Crippen molar-refractivity contribution in [3.8, 4) is 34.8 Å². The lowest BCUT2D eigenvalue weighted by molar-refractivity contribution is -0.137. The summed E-state index contributed by atoms with van der Waals surface area (Å²) in [5, 5.41) is 30.7. The van der Waals surface area contributed by atoms with Crippen LogP contribution in [0, 0.1) is 29.6 Å². The van der Waals surface area contributed by atoms with Crippen LogP contribution >= 0.6 is 11.6 Å². The van der Waals surface area contributed by atoms with E-state index in [-0.39, 0.29) is 53.6 Å². The van der Waals surface area contributed by atoms with Crippen molar-refractivity contribution in [1.82, 2.24) is 10.3 Å². The highest BCUT2D eigenvalue weighted by Gasteiger charge is 2.20. The minimum absolute atomic E-state index is 0.0513. The zero-order valence-corrected chi connectivity index (χ0v) is 20.9. The number of aromatic nitrogens is 1. The highest BCUT2D eigenvalue weighted by molar-refractivity contribution is 6.33. The zero-order chi connectivity index (χ0) is 26.9. The third kappa shape index (κ3) is 6.54. The second kappa shape index (κ2) is 12.4. The lowest BCUT2D eigenvalue weighted by Crippen LogP contribution is -2.24. The van der Waals surface area contributed by atoms with Crippen LogP contribution in [0.2, 0.25) is 5.02 Å². The number of pyridine rings is 1. The van der Waals surface area contributed by atoms with Gasteiger partial charge < -0.3 is 19.9 Å². The van der Waals surface area contributed by atoms with Gasteiger partial charge >= 0.3 is 5.97 Å². The van der Waals surface area contributed by atoms with Crippen molar-refractivity contribution in [3.63, 3.8) is 0 Å². The highest BCUT2D eigenvalue weighted by Crippen LogP contribution is 2.36. The number of carboxylic acid groups (broad SMARTS) is 1.